The van der Waals surface area contributed by atoms with Crippen molar-refractivity contribution in [1.82, 2.24) is 15.1 Å². The first kappa shape index (κ1) is 9.40. The van der Waals surface area contributed by atoms with Gasteiger partial charge in [0, 0.05) is 23.7 Å². The van der Waals surface area contributed by atoms with Crippen molar-refractivity contribution in [2.45, 2.75) is 38.0 Å². The highest BCUT2D eigenvalue weighted by Crippen LogP contribution is 2.46. The lowest BCUT2D eigenvalue weighted by atomic mass is 9.74. The molecule has 0 radical (unpaired) electrons. The van der Waals surface area contributed by atoms with E-state index in [-0.39, 0.29) is 0 Å². The maximum atomic E-state index is 4.58. The average molecular weight is 205 g/mol. The molecule has 0 unspecified atom stereocenters. The van der Waals surface area contributed by atoms with Crippen molar-refractivity contribution in [3.8, 4) is 0 Å². The van der Waals surface area contributed by atoms with Gasteiger partial charge in [0.25, 0.3) is 0 Å². The van der Waals surface area contributed by atoms with Crippen LogP contribution >= 0.6 is 0 Å². The summed E-state index contributed by atoms with van der Waals surface area (Å²) < 4.78 is 2.10. The van der Waals surface area contributed by atoms with Crippen LogP contribution in [0.15, 0.2) is 0 Å². The summed E-state index contributed by atoms with van der Waals surface area (Å²) in [6.45, 7) is 4.52. The van der Waals surface area contributed by atoms with Crippen LogP contribution in [0.2, 0.25) is 0 Å². The molecule has 0 bridgehead atoms. The van der Waals surface area contributed by atoms with E-state index in [1.807, 2.05) is 0 Å². The van der Waals surface area contributed by atoms with Crippen LogP contribution in [0, 0.1) is 6.92 Å². The Labute approximate surface area is 90.9 Å². The van der Waals surface area contributed by atoms with Crippen LogP contribution in [0.5, 0.6) is 0 Å². The predicted molar refractivity (Wildman–Crippen MR) is 60.0 cm³/mol. The van der Waals surface area contributed by atoms with Crippen molar-refractivity contribution in [3.05, 3.63) is 17.0 Å². The summed E-state index contributed by atoms with van der Waals surface area (Å²) in [5.41, 5.74) is 4.83. The lowest BCUT2D eigenvalue weighted by molar-refractivity contribution is 0.304. The number of piperidine rings is 1. The summed E-state index contributed by atoms with van der Waals surface area (Å²) >= 11 is 0. The van der Waals surface area contributed by atoms with E-state index >= 15 is 0 Å². The number of fused-ring (bicyclic) bond motifs is 2. The second-order valence-corrected chi connectivity index (χ2v) is 5.06. The smallest absolute Gasteiger partial charge is 0.0634 e. The van der Waals surface area contributed by atoms with Crippen LogP contribution < -0.4 is 5.32 Å². The fraction of sp³-hybridized carbons (Fsp3) is 0.750. The molecule has 1 spiro atoms. The van der Waals surface area contributed by atoms with Gasteiger partial charge in [-0.25, -0.2) is 0 Å². The van der Waals surface area contributed by atoms with E-state index < -0.39 is 0 Å². The Morgan fingerprint density at radius 1 is 1.27 bits per heavy atom. The molecule has 1 aliphatic carbocycles. The Morgan fingerprint density at radius 3 is 2.73 bits per heavy atom. The van der Waals surface area contributed by atoms with Crippen LogP contribution in [-0.2, 0) is 18.9 Å². The second kappa shape index (κ2) is 3.08. The van der Waals surface area contributed by atoms with E-state index in [9.17, 15) is 0 Å². The molecule has 2 aliphatic rings. The molecule has 1 aliphatic heterocycles. The summed E-state index contributed by atoms with van der Waals surface area (Å²) in [5, 5.41) is 8.04. The normalized spacial score (nSPS) is 23.3. The monoisotopic (exact) mass is 205 g/mol. The molecular formula is C12H19N3. The zero-order valence-electron chi connectivity index (χ0n) is 9.64. The van der Waals surface area contributed by atoms with E-state index in [2.05, 4.69) is 29.1 Å². The molecule has 0 atom stereocenters. The fourth-order valence-corrected chi connectivity index (χ4v) is 3.57. The first-order chi connectivity index (χ1) is 7.23. The molecule has 2 heterocycles. The molecule has 0 saturated carbocycles. The molecule has 0 aromatic carbocycles. The summed E-state index contributed by atoms with van der Waals surface area (Å²) in [6, 6.07) is 0. The number of nitrogens with zero attached hydrogens (tertiary/aromatic N) is 2. The molecule has 1 aromatic heterocycles. The molecule has 1 saturated heterocycles. The molecule has 1 N–H and O–H groups in total. The first-order valence-electron chi connectivity index (χ1n) is 5.97. The molecule has 3 heteroatoms. The summed E-state index contributed by atoms with van der Waals surface area (Å²) in [4.78, 5) is 0. The topological polar surface area (TPSA) is 29.9 Å². The molecule has 3 rings (SSSR count). The minimum Gasteiger partial charge on any atom is -0.317 e. The Balaban J connectivity index is 2.09. The van der Waals surface area contributed by atoms with E-state index in [0.29, 0.717) is 5.41 Å². The predicted octanol–water partition coefficient (Wildman–Crippen LogP) is 1.30. The third-order valence-corrected chi connectivity index (χ3v) is 4.27. The van der Waals surface area contributed by atoms with Crippen molar-refractivity contribution >= 4 is 0 Å². The van der Waals surface area contributed by atoms with Crippen LogP contribution in [0.1, 0.15) is 36.2 Å². The van der Waals surface area contributed by atoms with E-state index in [4.69, 9.17) is 0 Å². The average Bonchev–Trinajstić information content (AvgIpc) is 2.71. The lowest BCUT2D eigenvalue weighted by Crippen LogP contribution is -2.38. The van der Waals surface area contributed by atoms with Gasteiger partial charge in [0.1, 0.15) is 0 Å². The highest BCUT2D eigenvalue weighted by molar-refractivity contribution is 5.39. The van der Waals surface area contributed by atoms with Gasteiger partial charge in [-0.2, -0.15) is 5.10 Å². The van der Waals surface area contributed by atoms with Crippen molar-refractivity contribution < 1.29 is 0 Å². The number of aromatic nitrogens is 2. The third kappa shape index (κ3) is 1.19. The Kier molecular flexibility index (Phi) is 1.93. The number of aryl methyl sites for hydroxylation is 2. The van der Waals surface area contributed by atoms with Gasteiger partial charge in [-0.15, -0.1) is 0 Å². The van der Waals surface area contributed by atoms with Gasteiger partial charge >= 0.3 is 0 Å². The summed E-state index contributed by atoms with van der Waals surface area (Å²) in [7, 11) is 2.09. The zero-order valence-corrected chi connectivity index (χ0v) is 9.64. The Hall–Kier alpha value is -0.830. The van der Waals surface area contributed by atoms with Crippen LogP contribution in [0.4, 0.5) is 0 Å². The van der Waals surface area contributed by atoms with Crippen LogP contribution in [0.25, 0.3) is 0 Å². The highest BCUT2D eigenvalue weighted by atomic mass is 15.3. The number of hydrogen-bond acceptors (Lipinski definition) is 2. The van der Waals surface area contributed by atoms with Gasteiger partial charge in [-0.1, -0.05) is 0 Å². The minimum atomic E-state index is 0.471. The molecule has 3 nitrogen and oxygen atoms in total. The molecule has 0 amide bonds. The molecule has 15 heavy (non-hydrogen) atoms. The SMILES string of the molecule is Cc1nn(C)c2c1C1(CCNCC1)CC2. The largest absolute Gasteiger partial charge is 0.317 e. The van der Waals surface area contributed by atoms with Crippen molar-refractivity contribution in [1.29, 1.82) is 0 Å². The van der Waals surface area contributed by atoms with E-state index in [1.54, 1.807) is 5.56 Å². The minimum absolute atomic E-state index is 0.471. The molecular weight excluding hydrogens is 186 g/mol. The van der Waals surface area contributed by atoms with Gasteiger partial charge in [0.2, 0.25) is 0 Å². The van der Waals surface area contributed by atoms with Gasteiger partial charge in [-0.05, 0) is 45.7 Å². The number of nitrogens with one attached hydrogen (secondary N) is 1. The molecule has 82 valence electrons. The van der Waals surface area contributed by atoms with E-state index in [1.165, 1.54) is 50.2 Å². The number of rotatable bonds is 0. The Bertz CT molecular complexity index is 386. The van der Waals surface area contributed by atoms with Gasteiger partial charge in [0.05, 0.1) is 5.69 Å². The fourth-order valence-electron chi connectivity index (χ4n) is 3.57. The van der Waals surface area contributed by atoms with E-state index in [0.717, 1.165) is 0 Å². The molecule has 1 fully saturated rings. The van der Waals surface area contributed by atoms with Crippen molar-refractivity contribution in [2.75, 3.05) is 13.1 Å². The third-order valence-electron chi connectivity index (χ3n) is 4.27. The zero-order chi connectivity index (χ0) is 10.5. The lowest BCUT2D eigenvalue weighted by Gasteiger charge is -2.34. The van der Waals surface area contributed by atoms with Gasteiger partial charge in [-0.3, -0.25) is 4.68 Å². The standard InChI is InChI=1S/C12H19N3/c1-9-11-10(15(2)14-9)3-4-12(11)5-7-13-8-6-12/h13H,3-8H2,1-2H3. The quantitative estimate of drug-likeness (QED) is 0.692. The first-order valence-corrected chi connectivity index (χ1v) is 5.97. The summed E-state index contributed by atoms with van der Waals surface area (Å²) in [5.74, 6) is 0. The van der Waals surface area contributed by atoms with Crippen molar-refractivity contribution in [2.24, 2.45) is 7.05 Å². The van der Waals surface area contributed by atoms with Gasteiger partial charge < -0.3 is 5.32 Å². The van der Waals surface area contributed by atoms with Crippen molar-refractivity contribution in [3.63, 3.8) is 0 Å². The number of hydrogen-bond donors (Lipinski definition) is 1. The van der Waals surface area contributed by atoms with Gasteiger partial charge in [0.15, 0.2) is 0 Å². The maximum absolute atomic E-state index is 4.58. The second-order valence-electron chi connectivity index (χ2n) is 5.06. The van der Waals surface area contributed by atoms with Crippen LogP contribution in [-0.4, -0.2) is 22.9 Å². The molecule has 1 aromatic rings. The maximum Gasteiger partial charge on any atom is 0.0634 e. The van der Waals surface area contributed by atoms with Crippen LogP contribution in [0.3, 0.4) is 0 Å². The summed E-state index contributed by atoms with van der Waals surface area (Å²) in [6.07, 6.45) is 5.17. The highest BCUT2D eigenvalue weighted by Gasteiger charge is 2.42. The Morgan fingerprint density at radius 2 is 2.00 bits per heavy atom.